The van der Waals surface area contributed by atoms with E-state index < -0.39 is 0 Å². The number of benzene rings is 1. The van der Waals surface area contributed by atoms with Gasteiger partial charge in [-0.15, -0.1) is 0 Å². The Morgan fingerprint density at radius 1 is 1.30 bits per heavy atom. The van der Waals surface area contributed by atoms with E-state index in [-0.39, 0.29) is 11.1 Å². The first-order valence-corrected chi connectivity index (χ1v) is 7.34. The second-order valence-corrected chi connectivity index (χ2v) is 5.80. The van der Waals surface area contributed by atoms with E-state index in [1.807, 2.05) is 6.92 Å². The van der Waals surface area contributed by atoms with Crippen LogP contribution in [0, 0.1) is 0 Å². The van der Waals surface area contributed by atoms with E-state index in [0.29, 0.717) is 32.9 Å². The highest BCUT2D eigenvalue weighted by Gasteiger charge is 2.31. The first kappa shape index (κ1) is 15.2. The molecule has 0 bridgehead atoms. The fourth-order valence-electron chi connectivity index (χ4n) is 1.64. The summed E-state index contributed by atoms with van der Waals surface area (Å²) in [6.07, 6.45) is 1.59. The standard InChI is InChI=1S/C13H11Cl2NO3S/c1-3-19-11-8(14)4-7(5-9(11)15)6-10-12(17)16(2)13(18)20-10/h4-6H,3H2,1-2H3/b10-6-. The van der Waals surface area contributed by atoms with Crippen LogP contribution in [0.4, 0.5) is 4.79 Å². The van der Waals surface area contributed by atoms with Crippen LogP contribution in [-0.4, -0.2) is 29.7 Å². The number of amides is 2. The predicted molar refractivity (Wildman–Crippen MR) is 81.4 cm³/mol. The van der Waals surface area contributed by atoms with Gasteiger partial charge in [-0.3, -0.25) is 14.5 Å². The molecule has 0 spiro atoms. The summed E-state index contributed by atoms with van der Waals surface area (Å²) in [4.78, 5) is 24.6. The van der Waals surface area contributed by atoms with Gasteiger partial charge in [0.05, 0.1) is 21.6 Å². The summed E-state index contributed by atoms with van der Waals surface area (Å²) in [6.45, 7) is 2.28. The Bertz CT molecular complexity index is 593. The summed E-state index contributed by atoms with van der Waals surface area (Å²) in [5.41, 5.74) is 0.641. The quantitative estimate of drug-likeness (QED) is 0.783. The molecule has 0 atom stereocenters. The molecule has 1 aliphatic heterocycles. The molecule has 1 aliphatic rings. The van der Waals surface area contributed by atoms with Crippen molar-refractivity contribution in [1.29, 1.82) is 0 Å². The largest absolute Gasteiger partial charge is 0.491 e. The first-order valence-electron chi connectivity index (χ1n) is 5.77. The molecule has 1 aromatic rings. The first-order chi connectivity index (χ1) is 9.43. The maximum absolute atomic E-state index is 11.8. The van der Waals surface area contributed by atoms with Gasteiger partial charge < -0.3 is 4.74 Å². The van der Waals surface area contributed by atoms with Crippen LogP contribution in [0.25, 0.3) is 6.08 Å². The molecule has 0 N–H and O–H groups in total. The predicted octanol–water partition coefficient (Wildman–Crippen LogP) is 4.06. The molecule has 106 valence electrons. The number of likely N-dealkylation sites (N-methyl/N-ethyl adjacent to an activating group) is 1. The molecule has 0 aromatic heterocycles. The number of thioether (sulfide) groups is 1. The van der Waals surface area contributed by atoms with Crippen LogP contribution in [-0.2, 0) is 4.79 Å². The molecule has 7 heteroatoms. The van der Waals surface area contributed by atoms with E-state index >= 15 is 0 Å². The third kappa shape index (κ3) is 2.95. The molecule has 0 unspecified atom stereocenters. The SMILES string of the molecule is CCOc1c(Cl)cc(/C=C2\SC(=O)N(C)C2=O)cc1Cl. The Morgan fingerprint density at radius 2 is 1.90 bits per heavy atom. The lowest BCUT2D eigenvalue weighted by Crippen LogP contribution is -2.22. The molecular formula is C13H11Cl2NO3S. The van der Waals surface area contributed by atoms with Gasteiger partial charge >= 0.3 is 0 Å². The monoisotopic (exact) mass is 331 g/mol. The van der Waals surface area contributed by atoms with Gasteiger partial charge in [0.25, 0.3) is 11.1 Å². The molecule has 1 aromatic carbocycles. The smallest absolute Gasteiger partial charge is 0.293 e. The number of imide groups is 1. The number of carbonyl (C=O) groups is 2. The van der Waals surface area contributed by atoms with Gasteiger partial charge in [0.2, 0.25) is 0 Å². The Balaban J connectivity index is 2.36. The average Bonchev–Trinajstić information content (AvgIpc) is 2.62. The molecular weight excluding hydrogens is 321 g/mol. The van der Waals surface area contributed by atoms with Crippen LogP contribution >= 0.6 is 35.0 Å². The van der Waals surface area contributed by atoms with Crippen LogP contribution in [0.15, 0.2) is 17.0 Å². The lowest BCUT2D eigenvalue weighted by molar-refractivity contribution is -0.121. The molecule has 1 saturated heterocycles. The fraction of sp³-hybridized carbons (Fsp3) is 0.231. The molecule has 1 fully saturated rings. The Hall–Kier alpha value is -1.17. The Kier molecular flexibility index (Phi) is 4.62. The third-order valence-electron chi connectivity index (χ3n) is 2.59. The second-order valence-electron chi connectivity index (χ2n) is 3.99. The van der Waals surface area contributed by atoms with E-state index in [4.69, 9.17) is 27.9 Å². The molecule has 2 amide bonds. The van der Waals surface area contributed by atoms with Gasteiger partial charge in [0.15, 0.2) is 5.75 Å². The van der Waals surface area contributed by atoms with Crippen molar-refractivity contribution in [1.82, 2.24) is 4.90 Å². The number of nitrogens with zero attached hydrogens (tertiary/aromatic N) is 1. The second kappa shape index (κ2) is 6.08. The Labute approximate surface area is 130 Å². The van der Waals surface area contributed by atoms with Crippen LogP contribution < -0.4 is 4.74 Å². The lowest BCUT2D eigenvalue weighted by atomic mass is 10.2. The van der Waals surface area contributed by atoms with Gasteiger partial charge in [-0.05, 0) is 42.5 Å². The number of hydrogen-bond donors (Lipinski definition) is 0. The third-order valence-corrected chi connectivity index (χ3v) is 4.12. The highest BCUT2D eigenvalue weighted by Crippen LogP contribution is 2.37. The number of carbonyl (C=O) groups excluding carboxylic acids is 2. The van der Waals surface area contributed by atoms with Crippen LogP contribution in [0.1, 0.15) is 12.5 Å². The summed E-state index contributed by atoms with van der Waals surface area (Å²) in [6, 6.07) is 3.28. The van der Waals surface area contributed by atoms with E-state index in [9.17, 15) is 9.59 Å². The van der Waals surface area contributed by atoms with Crippen LogP contribution in [0.2, 0.25) is 10.0 Å². The minimum absolute atomic E-state index is 0.301. The summed E-state index contributed by atoms with van der Waals surface area (Å²) >= 11 is 13.1. The number of halogens is 2. The van der Waals surface area contributed by atoms with Crippen molar-refractivity contribution in [2.45, 2.75) is 6.92 Å². The van der Waals surface area contributed by atoms with Crippen LogP contribution in [0.5, 0.6) is 5.75 Å². The van der Waals surface area contributed by atoms with Crippen molar-refractivity contribution in [3.8, 4) is 5.75 Å². The maximum Gasteiger partial charge on any atom is 0.293 e. The molecule has 2 rings (SSSR count). The average molecular weight is 332 g/mol. The summed E-state index contributed by atoms with van der Waals surface area (Å²) < 4.78 is 5.33. The van der Waals surface area contributed by atoms with Gasteiger partial charge in [-0.25, -0.2) is 0 Å². The normalized spacial score (nSPS) is 17.2. The van der Waals surface area contributed by atoms with E-state index in [1.165, 1.54) is 7.05 Å². The highest BCUT2D eigenvalue weighted by atomic mass is 35.5. The number of rotatable bonds is 3. The van der Waals surface area contributed by atoms with Crippen molar-refractivity contribution in [2.24, 2.45) is 0 Å². The zero-order chi connectivity index (χ0) is 14.9. The molecule has 20 heavy (non-hydrogen) atoms. The molecule has 0 aliphatic carbocycles. The van der Waals surface area contributed by atoms with E-state index in [2.05, 4.69) is 0 Å². The van der Waals surface area contributed by atoms with Crippen molar-refractivity contribution in [3.63, 3.8) is 0 Å². The zero-order valence-corrected chi connectivity index (χ0v) is 13.1. The number of ether oxygens (including phenoxy) is 1. The molecule has 0 saturated carbocycles. The van der Waals surface area contributed by atoms with Gasteiger partial charge in [0, 0.05) is 7.05 Å². The van der Waals surface area contributed by atoms with Crippen molar-refractivity contribution < 1.29 is 14.3 Å². The lowest BCUT2D eigenvalue weighted by Gasteiger charge is -2.09. The molecule has 4 nitrogen and oxygen atoms in total. The van der Waals surface area contributed by atoms with Crippen molar-refractivity contribution in [3.05, 3.63) is 32.6 Å². The van der Waals surface area contributed by atoms with E-state index in [1.54, 1.807) is 18.2 Å². The zero-order valence-electron chi connectivity index (χ0n) is 10.8. The minimum Gasteiger partial charge on any atom is -0.491 e. The molecule has 1 heterocycles. The van der Waals surface area contributed by atoms with Gasteiger partial charge in [-0.2, -0.15) is 0 Å². The van der Waals surface area contributed by atoms with Crippen molar-refractivity contribution >= 4 is 52.2 Å². The fourth-order valence-corrected chi connectivity index (χ4v) is 3.08. The Morgan fingerprint density at radius 3 is 2.35 bits per heavy atom. The highest BCUT2D eigenvalue weighted by molar-refractivity contribution is 8.18. The van der Waals surface area contributed by atoms with E-state index in [0.717, 1.165) is 16.7 Å². The summed E-state index contributed by atoms with van der Waals surface area (Å²) in [5.74, 6) is 0.0812. The molecule has 0 radical (unpaired) electrons. The van der Waals surface area contributed by atoms with Crippen LogP contribution in [0.3, 0.4) is 0 Å². The maximum atomic E-state index is 11.8. The summed E-state index contributed by atoms with van der Waals surface area (Å²) in [5, 5.41) is 0.423. The minimum atomic E-state index is -0.332. The summed E-state index contributed by atoms with van der Waals surface area (Å²) in [7, 11) is 1.44. The number of hydrogen-bond acceptors (Lipinski definition) is 4. The van der Waals surface area contributed by atoms with Crippen molar-refractivity contribution in [2.75, 3.05) is 13.7 Å². The topological polar surface area (TPSA) is 46.6 Å². The van der Waals surface area contributed by atoms with Gasteiger partial charge in [-0.1, -0.05) is 23.2 Å². The van der Waals surface area contributed by atoms with Gasteiger partial charge in [0.1, 0.15) is 0 Å².